The summed E-state index contributed by atoms with van der Waals surface area (Å²) < 4.78 is 10.3. The Hall–Kier alpha value is -1.26. The van der Waals surface area contributed by atoms with Crippen LogP contribution in [-0.4, -0.2) is 32.3 Å². The molecule has 4 nitrogen and oxygen atoms in total. The number of esters is 1. The first kappa shape index (κ1) is 16.8. The summed E-state index contributed by atoms with van der Waals surface area (Å²) in [7, 11) is 1.40. The maximum Gasteiger partial charge on any atom is 0.322 e. The molecule has 1 aromatic rings. The van der Waals surface area contributed by atoms with Crippen molar-refractivity contribution < 1.29 is 14.3 Å². The minimum atomic E-state index is -0.296. The summed E-state index contributed by atoms with van der Waals surface area (Å²) in [5.41, 5.74) is 0. The van der Waals surface area contributed by atoms with Gasteiger partial charge in [-0.1, -0.05) is 37.6 Å². The fourth-order valence-electron chi connectivity index (χ4n) is 1.83. The molecule has 0 spiro atoms. The van der Waals surface area contributed by atoms with Gasteiger partial charge in [-0.3, -0.25) is 4.79 Å². The van der Waals surface area contributed by atoms with Gasteiger partial charge in [-0.15, -0.1) is 0 Å². The molecule has 1 unspecified atom stereocenters. The van der Waals surface area contributed by atoms with E-state index in [1.807, 2.05) is 18.2 Å². The van der Waals surface area contributed by atoms with E-state index in [2.05, 4.69) is 19.2 Å². The zero-order valence-corrected chi connectivity index (χ0v) is 12.9. The first-order valence-electron chi connectivity index (χ1n) is 6.73. The van der Waals surface area contributed by atoms with Crippen LogP contribution in [0.4, 0.5) is 0 Å². The number of para-hydroxylation sites is 1. The normalized spacial score (nSPS) is 12.2. The van der Waals surface area contributed by atoms with Gasteiger partial charge in [0.2, 0.25) is 0 Å². The molecule has 0 saturated carbocycles. The smallest absolute Gasteiger partial charge is 0.322 e. The molecule has 0 aliphatic rings. The van der Waals surface area contributed by atoms with E-state index in [0.717, 1.165) is 6.42 Å². The minimum absolute atomic E-state index is 0.239. The maximum atomic E-state index is 11.6. The fraction of sp³-hybridized carbons (Fsp3) is 0.533. The number of rotatable bonds is 8. The summed E-state index contributed by atoms with van der Waals surface area (Å²) in [5.74, 6) is 0.821. The number of halogens is 1. The Morgan fingerprint density at radius 3 is 2.65 bits per heavy atom. The molecule has 0 radical (unpaired) electrons. The molecule has 112 valence electrons. The van der Waals surface area contributed by atoms with Crippen molar-refractivity contribution in [2.75, 3.05) is 20.3 Å². The van der Waals surface area contributed by atoms with Gasteiger partial charge in [-0.05, 0) is 24.5 Å². The monoisotopic (exact) mass is 299 g/mol. The summed E-state index contributed by atoms with van der Waals surface area (Å²) in [6.07, 6.45) is 0.735. The summed E-state index contributed by atoms with van der Waals surface area (Å²) in [5, 5.41) is 3.73. The van der Waals surface area contributed by atoms with E-state index in [1.54, 1.807) is 6.07 Å². The van der Waals surface area contributed by atoms with Gasteiger partial charge in [0.1, 0.15) is 18.4 Å². The number of carbonyl (C=O) groups is 1. The van der Waals surface area contributed by atoms with Crippen LogP contribution in [0.25, 0.3) is 0 Å². The number of carbonyl (C=O) groups excluding carboxylic acids is 1. The Kier molecular flexibility index (Phi) is 7.41. The molecule has 0 aromatic heterocycles. The van der Waals surface area contributed by atoms with Crippen LogP contribution in [0.15, 0.2) is 24.3 Å². The number of methoxy groups -OCH3 is 1. The van der Waals surface area contributed by atoms with Gasteiger partial charge in [-0.25, -0.2) is 0 Å². The topological polar surface area (TPSA) is 47.6 Å². The van der Waals surface area contributed by atoms with Crippen molar-refractivity contribution in [2.45, 2.75) is 26.3 Å². The average molecular weight is 300 g/mol. The Labute approximate surface area is 125 Å². The zero-order valence-electron chi connectivity index (χ0n) is 12.2. The number of hydrogen-bond donors (Lipinski definition) is 1. The standard InChI is InChI=1S/C15H22ClNO3/c1-11(2)10-13(15(18)19-3)17-8-9-20-14-7-5-4-6-12(14)16/h4-7,11,13,17H,8-10H2,1-3H3. The van der Waals surface area contributed by atoms with Crippen molar-refractivity contribution in [1.82, 2.24) is 5.32 Å². The Bertz CT molecular complexity index is 423. The second kappa shape index (κ2) is 8.82. The number of ether oxygens (including phenoxy) is 2. The molecule has 0 amide bonds. The summed E-state index contributed by atoms with van der Waals surface area (Å²) >= 11 is 5.99. The third kappa shape index (κ3) is 5.80. The van der Waals surface area contributed by atoms with E-state index in [1.165, 1.54) is 7.11 Å². The molecule has 0 aliphatic heterocycles. The fourth-order valence-corrected chi connectivity index (χ4v) is 2.02. The van der Waals surface area contributed by atoms with Gasteiger partial charge in [0, 0.05) is 6.54 Å². The van der Waals surface area contributed by atoms with Gasteiger partial charge in [0.15, 0.2) is 0 Å². The van der Waals surface area contributed by atoms with E-state index >= 15 is 0 Å². The Balaban J connectivity index is 2.37. The Morgan fingerprint density at radius 1 is 1.35 bits per heavy atom. The van der Waals surface area contributed by atoms with Crippen LogP contribution in [0, 0.1) is 5.92 Å². The second-order valence-electron chi connectivity index (χ2n) is 4.94. The lowest BCUT2D eigenvalue weighted by molar-refractivity contribution is -0.143. The van der Waals surface area contributed by atoms with Crippen molar-refractivity contribution in [2.24, 2.45) is 5.92 Å². The maximum absolute atomic E-state index is 11.6. The third-order valence-electron chi connectivity index (χ3n) is 2.78. The van der Waals surface area contributed by atoms with Crippen LogP contribution in [0.5, 0.6) is 5.75 Å². The molecule has 1 aromatic carbocycles. The van der Waals surface area contributed by atoms with Crippen LogP contribution in [0.1, 0.15) is 20.3 Å². The average Bonchev–Trinajstić information content (AvgIpc) is 2.42. The van der Waals surface area contributed by atoms with Crippen LogP contribution >= 0.6 is 11.6 Å². The molecule has 1 rings (SSSR count). The summed E-state index contributed by atoms with van der Waals surface area (Å²) in [6.45, 7) is 5.13. The molecule has 0 bridgehead atoms. The van der Waals surface area contributed by atoms with Crippen molar-refractivity contribution in [3.8, 4) is 5.75 Å². The molecule has 1 atom stereocenters. The zero-order chi connectivity index (χ0) is 15.0. The summed E-state index contributed by atoms with van der Waals surface area (Å²) in [6, 6.07) is 7.01. The number of benzene rings is 1. The quantitative estimate of drug-likeness (QED) is 0.592. The van der Waals surface area contributed by atoms with E-state index in [-0.39, 0.29) is 12.0 Å². The van der Waals surface area contributed by atoms with E-state index in [9.17, 15) is 4.79 Å². The predicted molar refractivity (Wildman–Crippen MR) is 80.2 cm³/mol. The second-order valence-corrected chi connectivity index (χ2v) is 5.35. The molecule has 1 N–H and O–H groups in total. The van der Waals surface area contributed by atoms with Crippen molar-refractivity contribution in [1.29, 1.82) is 0 Å². The van der Waals surface area contributed by atoms with Gasteiger partial charge in [-0.2, -0.15) is 0 Å². The predicted octanol–water partition coefficient (Wildman–Crippen LogP) is 2.90. The number of nitrogens with one attached hydrogen (secondary N) is 1. The van der Waals surface area contributed by atoms with Gasteiger partial charge in [0.05, 0.1) is 12.1 Å². The highest BCUT2D eigenvalue weighted by atomic mass is 35.5. The highest BCUT2D eigenvalue weighted by Crippen LogP contribution is 2.22. The molecule has 20 heavy (non-hydrogen) atoms. The van der Waals surface area contributed by atoms with E-state index in [4.69, 9.17) is 21.1 Å². The molecule has 0 saturated heterocycles. The Morgan fingerprint density at radius 2 is 2.05 bits per heavy atom. The van der Waals surface area contributed by atoms with Crippen LogP contribution in [-0.2, 0) is 9.53 Å². The van der Waals surface area contributed by atoms with Crippen molar-refractivity contribution in [3.05, 3.63) is 29.3 Å². The van der Waals surface area contributed by atoms with E-state index < -0.39 is 0 Å². The summed E-state index contributed by atoms with van der Waals surface area (Å²) in [4.78, 5) is 11.6. The lowest BCUT2D eigenvalue weighted by atomic mass is 10.0. The van der Waals surface area contributed by atoms with Crippen molar-refractivity contribution >= 4 is 17.6 Å². The minimum Gasteiger partial charge on any atom is -0.491 e. The van der Waals surface area contributed by atoms with Gasteiger partial charge >= 0.3 is 5.97 Å². The van der Waals surface area contributed by atoms with E-state index in [0.29, 0.717) is 29.8 Å². The largest absolute Gasteiger partial charge is 0.491 e. The third-order valence-corrected chi connectivity index (χ3v) is 3.09. The van der Waals surface area contributed by atoms with Crippen molar-refractivity contribution in [3.63, 3.8) is 0 Å². The number of hydrogen-bond acceptors (Lipinski definition) is 4. The molecule has 0 fully saturated rings. The molecule has 0 heterocycles. The molecule has 0 aliphatic carbocycles. The molecular formula is C15H22ClNO3. The first-order chi connectivity index (χ1) is 9.54. The van der Waals surface area contributed by atoms with Crippen LogP contribution in [0.3, 0.4) is 0 Å². The lowest BCUT2D eigenvalue weighted by Gasteiger charge is -2.18. The SMILES string of the molecule is COC(=O)C(CC(C)C)NCCOc1ccccc1Cl. The highest BCUT2D eigenvalue weighted by Gasteiger charge is 2.19. The highest BCUT2D eigenvalue weighted by molar-refractivity contribution is 6.32. The van der Waals surface area contributed by atoms with Crippen LogP contribution < -0.4 is 10.1 Å². The molecular weight excluding hydrogens is 278 g/mol. The van der Waals surface area contributed by atoms with Gasteiger partial charge in [0.25, 0.3) is 0 Å². The first-order valence-corrected chi connectivity index (χ1v) is 7.11. The lowest BCUT2D eigenvalue weighted by Crippen LogP contribution is -2.40. The van der Waals surface area contributed by atoms with Gasteiger partial charge < -0.3 is 14.8 Å². The van der Waals surface area contributed by atoms with Crippen LogP contribution in [0.2, 0.25) is 5.02 Å². The molecule has 5 heteroatoms.